The number of hydrogen-bond acceptors (Lipinski definition) is 7. The van der Waals surface area contributed by atoms with Crippen LogP contribution in [-0.2, 0) is 11.3 Å². The smallest absolute Gasteiger partial charge is 0.283 e. The Bertz CT molecular complexity index is 892. The Labute approximate surface area is 169 Å². The molecule has 3 rings (SSSR count). The van der Waals surface area contributed by atoms with Gasteiger partial charge in [-0.15, -0.1) is 10.2 Å². The van der Waals surface area contributed by atoms with Gasteiger partial charge in [-0.25, -0.2) is 0 Å². The predicted molar refractivity (Wildman–Crippen MR) is 108 cm³/mol. The lowest BCUT2D eigenvalue weighted by molar-refractivity contribution is -0.117. The summed E-state index contributed by atoms with van der Waals surface area (Å²) < 4.78 is 16.6. The molecule has 0 saturated heterocycles. The van der Waals surface area contributed by atoms with E-state index >= 15 is 0 Å². The molecule has 8 nitrogen and oxygen atoms in total. The Kier molecular flexibility index (Phi) is 7.40. The fourth-order valence-corrected chi connectivity index (χ4v) is 2.84. The maximum Gasteiger partial charge on any atom is 0.283 e. The van der Waals surface area contributed by atoms with Crippen LogP contribution in [0.1, 0.15) is 32.6 Å². The fraction of sp³-hybridized carbons (Fsp3) is 0.381. The number of carbonyl (C=O) groups excluding carboxylic acids is 1. The van der Waals surface area contributed by atoms with Gasteiger partial charge in [-0.2, -0.15) is 0 Å². The van der Waals surface area contributed by atoms with Crippen molar-refractivity contribution in [2.45, 2.75) is 33.2 Å². The molecule has 29 heavy (non-hydrogen) atoms. The van der Waals surface area contributed by atoms with Crippen molar-refractivity contribution in [2.24, 2.45) is 0 Å². The number of ether oxygens (including phenoxy) is 1. The molecule has 0 aliphatic rings. The summed E-state index contributed by atoms with van der Waals surface area (Å²) in [5, 5.41) is 11.0. The number of nitrogens with zero attached hydrogens (tertiary/aromatic N) is 3. The zero-order valence-electron chi connectivity index (χ0n) is 16.8. The highest BCUT2D eigenvalue weighted by atomic mass is 16.5. The van der Waals surface area contributed by atoms with Crippen LogP contribution < -0.4 is 10.1 Å². The molecule has 2 aromatic heterocycles. The standard InChI is InChI=1S/C21H26N4O4/c1-3-11-25(15-20-23-24-21(29-20)18-10-7-13-28-18)14-19(26)22-16-8-5-6-9-17(16)27-12-4-2/h5-10,13H,3-4,11-12,14-15H2,1-2H3,(H,22,26). The van der Waals surface area contributed by atoms with Gasteiger partial charge in [0, 0.05) is 0 Å². The van der Waals surface area contributed by atoms with E-state index in [1.165, 1.54) is 0 Å². The van der Waals surface area contributed by atoms with E-state index in [2.05, 4.69) is 22.4 Å². The first-order valence-electron chi connectivity index (χ1n) is 9.79. The molecule has 0 unspecified atom stereocenters. The number of anilines is 1. The van der Waals surface area contributed by atoms with Crippen molar-refractivity contribution < 1.29 is 18.4 Å². The fourth-order valence-electron chi connectivity index (χ4n) is 2.84. The topological polar surface area (TPSA) is 93.6 Å². The highest BCUT2D eigenvalue weighted by Gasteiger charge is 2.17. The second-order valence-corrected chi connectivity index (χ2v) is 6.58. The third-order valence-electron chi connectivity index (χ3n) is 4.09. The minimum atomic E-state index is -0.128. The van der Waals surface area contributed by atoms with Crippen LogP contribution in [0.4, 0.5) is 5.69 Å². The molecule has 1 N–H and O–H groups in total. The van der Waals surface area contributed by atoms with E-state index in [0.29, 0.717) is 42.1 Å². The Morgan fingerprint density at radius 1 is 1.14 bits per heavy atom. The van der Waals surface area contributed by atoms with Crippen LogP contribution in [0.25, 0.3) is 11.7 Å². The van der Waals surface area contributed by atoms with Gasteiger partial charge in [0.25, 0.3) is 5.89 Å². The summed E-state index contributed by atoms with van der Waals surface area (Å²) in [6.45, 7) is 6.00. The lowest BCUT2D eigenvalue weighted by Crippen LogP contribution is -2.33. The number of hydrogen-bond donors (Lipinski definition) is 1. The molecule has 0 saturated carbocycles. The summed E-state index contributed by atoms with van der Waals surface area (Å²) in [6.07, 6.45) is 3.34. The SMILES string of the molecule is CCCOc1ccccc1NC(=O)CN(CCC)Cc1nnc(-c2ccco2)o1. The van der Waals surface area contributed by atoms with Crippen LogP contribution in [0.3, 0.4) is 0 Å². The van der Waals surface area contributed by atoms with Crippen LogP contribution in [-0.4, -0.2) is 40.7 Å². The summed E-state index contributed by atoms with van der Waals surface area (Å²) in [7, 11) is 0. The molecule has 0 aliphatic heterocycles. The van der Waals surface area contributed by atoms with Crippen molar-refractivity contribution in [3.05, 3.63) is 48.6 Å². The van der Waals surface area contributed by atoms with Crippen molar-refractivity contribution >= 4 is 11.6 Å². The summed E-state index contributed by atoms with van der Waals surface area (Å²) in [4.78, 5) is 14.6. The third-order valence-corrected chi connectivity index (χ3v) is 4.09. The normalized spacial score (nSPS) is 11.0. The second kappa shape index (κ2) is 10.4. The highest BCUT2D eigenvalue weighted by Crippen LogP contribution is 2.24. The van der Waals surface area contributed by atoms with Crippen LogP contribution in [0, 0.1) is 0 Å². The molecule has 0 fully saturated rings. The van der Waals surface area contributed by atoms with Gasteiger partial charge in [0.1, 0.15) is 5.75 Å². The summed E-state index contributed by atoms with van der Waals surface area (Å²) in [5.41, 5.74) is 0.667. The molecule has 8 heteroatoms. The molecule has 1 amide bonds. The lowest BCUT2D eigenvalue weighted by Gasteiger charge is -2.19. The Morgan fingerprint density at radius 3 is 2.76 bits per heavy atom. The first-order chi connectivity index (χ1) is 14.2. The first kappa shape index (κ1) is 20.6. The van der Waals surface area contributed by atoms with Gasteiger partial charge >= 0.3 is 0 Å². The number of benzene rings is 1. The number of rotatable bonds is 11. The van der Waals surface area contributed by atoms with Crippen molar-refractivity contribution in [1.29, 1.82) is 0 Å². The Hall–Kier alpha value is -3.13. The van der Waals surface area contributed by atoms with E-state index in [4.69, 9.17) is 13.6 Å². The molecule has 0 aliphatic carbocycles. The summed E-state index contributed by atoms with van der Waals surface area (Å²) in [6, 6.07) is 11.0. The third kappa shape index (κ3) is 5.92. The quantitative estimate of drug-likeness (QED) is 0.522. The van der Waals surface area contributed by atoms with Crippen LogP contribution in [0.15, 0.2) is 51.5 Å². The van der Waals surface area contributed by atoms with Gasteiger partial charge in [0.15, 0.2) is 5.76 Å². The number of carbonyl (C=O) groups is 1. The number of nitrogens with one attached hydrogen (secondary N) is 1. The average Bonchev–Trinajstić information content (AvgIpc) is 3.39. The molecule has 0 bridgehead atoms. The van der Waals surface area contributed by atoms with Crippen molar-refractivity contribution in [1.82, 2.24) is 15.1 Å². The van der Waals surface area contributed by atoms with Crippen LogP contribution in [0.5, 0.6) is 5.75 Å². The minimum absolute atomic E-state index is 0.128. The van der Waals surface area contributed by atoms with E-state index < -0.39 is 0 Å². The maximum absolute atomic E-state index is 12.6. The van der Waals surface area contributed by atoms with E-state index in [-0.39, 0.29) is 12.5 Å². The van der Waals surface area contributed by atoms with E-state index in [0.717, 1.165) is 19.4 Å². The largest absolute Gasteiger partial charge is 0.491 e. The molecule has 0 atom stereocenters. The average molecular weight is 398 g/mol. The van der Waals surface area contributed by atoms with Crippen LogP contribution in [0.2, 0.25) is 0 Å². The number of amides is 1. The summed E-state index contributed by atoms with van der Waals surface area (Å²) in [5.74, 6) is 1.82. The number of furan rings is 1. The molecular formula is C21H26N4O4. The summed E-state index contributed by atoms with van der Waals surface area (Å²) >= 11 is 0. The van der Waals surface area contributed by atoms with E-state index in [1.807, 2.05) is 36.1 Å². The van der Waals surface area contributed by atoms with Crippen LogP contribution >= 0.6 is 0 Å². The molecule has 154 valence electrons. The van der Waals surface area contributed by atoms with Gasteiger partial charge in [-0.3, -0.25) is 9.69 Å². The maximum atomic E-state index is 12.6. The number of aromatic nitrogens is 2. The van der Waals surface area contributed by atoms with Gasteiger partial charge in [0.2, 0.25) is 11.8 Å². The molecule has 3 aromatic rings. The molecule has 2 heterocycles. The van der Waals surface area contributed by atoms with Gasteiger partial charge in [-0.05, 0) is 43.7 Å². The Morgan fingerprint density at radius 2 is 2.00 bits per heavy atom. The van der Waals surface area contributed by atoms with Crippen molar-refractivity contribution in [2.75, 3.05) is 25.0 Å². The van der Waals surface area contributed by atoms with E-state index in [9.17, 15) is 4.79 Å². The Balaban J connectivity index is 1.61. The highest BCUT2D eigenvalue weighted by molar-refractivity contribution is 5.93. The monoisotopic (exact) mass is 398 g/mol. The van der Waals surface area contributed by atoms with Crippen molar-refractivity contribution in [3.63, 3.8) is 0 Å². The molecule has 1 aromatic carbocycles. The lowest BCUT2D eigenvalue weighted by atomic mass is 10.3. The van der Waals surface area contributed by atoms with Gasteiger partial charge in [0.05, 0.1) is 31.6 Å². The minimum Gasteiger partial charge on any atom is -0.491 e. The second-order valence-electron chi connectivity index (χ2n) is 6.58. The van der Waals surface area contributed by atoms with E-state index in [1.54, 1.807) is 18.4 Å². The van der Waals surface area contributed by atoms with Gasteiger partial charge < -0.3 is 18.9 Å². The predicted octanol–water partition coefficient (Wildman–Crippen LogP) is 3.97. The molecule has 0 spiro atoms. The zero-order valence-corrected chi connectivity index (χ0v) is 16.8. The number of para-hydroxylation sites is 2. The molecular weight excluding hydrogens is 372 g/mol. The molecule has 0 radical (unpaired) electrons. The first-order valence-corrected chi connectivity index (χ1v) is 9.79. The zero-order chi connectivity index (χ0) is 20.5. The van der Waals surface area contributed by atoms with Gasteiger partial charge in [-0.1, -0.05) is 26.0 Å². The van der Waals surface area contributed by atoms with Crippen molar-refractivity contribution in [3.8, 4) is 17.4 Å².